The fourth-order valence-corrected chi connectivity index (χ4v) is 2.09. The molecule has 0 aliphatic heterocycles. The Morgan fingerprint density at radius 1 is 0.944 bits per heavy atom. The average Bonchev–Trinajstić information content (AvgIpc) is 2.26. The van der Waals surface area contributed by atoms with E-state index in [4.69, 9.17) is 0 Å². The molecule has 0 radical (unpaired) electrons. The van der Waals surface area contributed by atoms with E-state index in [1.807, 2.05) is 26.0 Å². The molecule has 0 amide bonds. The number of carbonyl (C=O) groups excluding carboxylic acids is 1. The summed E-state index contributed by atoms with van der Waals surface area (Å²) in [6, 6.07) is 10.1. The third kappa shape index (κ3) is 2.48. The molecular weight excluding hydrogens is 227 g/mol. The highest BCUT2D eigenvalue weighted by Crippen LogP contribution is 2.17. The lowest BCUT2D eigenvalue weighted by molar-refractivity contribution is 0.103. The summed E-state index contributed by atoms with van der Waals surface area (Å²) in [4.78, 5) is 12.3. The zero-order valence-corrected chi connectivity index (χ0v) is 10.8. The minimum atomic E-state index is -0.372. The van der Waals surface area contributed by atoms with Crippen LogP contribution in [0.25, 0.3) is 0 Å². The standard InChI is InChI=1S/C16H15FO/c1-10-4-5-15(12(3)6-10)16(18)13-7-11(2)8-14(17)9-13/h4-9H,1-3H3. The summed E-state index contributed by atoms with van der Waals surface area (Å²) in [7, 11) is 0. The maximum atomic E-state index is 13.3. The Bertz CT molecular complexity index is 594. The van der Waals surface area contributed by atoms with E-state index in [0.717, 1.165) is 16.7 Å². The van der Waals surface area contributed by atoms with Crippen molar-refractivity contribution in [2.45, 2.75) is 20.8 Å². The molecule has 2 aromatic carbocycles. The molecule has 18 heavy (non-hydrogen) atoms. The van der Waals surface area contributed by atoms with Crippen molar-refractivity contribution in [2.75, 3.05) is 0 Å². The van der Waals surface area contributed by atoms with E-state index in [-0.39, 0.29) is 11.6 Å². The molecule has 0 atom stereocenters. The molecule has 2 heteroatoms. The topological polar surface area (TPSA) is 17.1 Å². The van der Waals surface area contributed by atoms with Crippen LogP contribution < -0.4 is 0 Å². The summed E-state index contributed by atoms with van der Waals surface area (Å²) >= 11 is 0. The predicted octanol–water partition coefficient (Wildman–Crippen LogP) is 3.98. The van der Waals surface area contributed by atoms with Crippen molar-refractivity contribution < 1.29 is 9.18 Å². The summed E-state index contributed by atoms with van der Waals surface area (Å²) in [5.74, 6) is -0.502. The molecule has 1 nitrogen and oxygen atoms in total. The third-order valence-corrected chi connectivity index (χ3v) is 2.93. The Balaban J connectivity index is 2.47. The van der Waals surface area contributed by atoms with Gasteiger partial charge in [-0.25, -0.2) is 4.39 Å². The van der Waals surface area contributed by atoms with E-state index in [0.29, 0.717) is 11.1 Å². The summed E-state index contributed by atoms with van der Waals surface area (Å²) < 4.78 is 13.3. The van der Waals surface area contributed by atoms with Crippen LogP contribution in [0.15, 0.2) is 36.4 Å². The first-order valence-corrected chi connectivity index (χ1v) is 5.86. The van der Waals surface area contributed by atoms with Crippen LogP contribution in [0, 0.1) is 26.6 Å². The normalized spacial score (nSPS) is 10.4. The average molecular weight is 242 g/mol. The lowest BCUT2D eigenvalue weighted by Gasteiger charge is -2.07. The quantitative estimate of drug-likeness (QED) is 0.728. The van der Waals surface area contributed by atoms with Crippen molar-refractivity contribution in [3.05, 3.63) is 70.0 Å². The van der Waals surface area contributed by atoms with Gasteiger partial charge in [-0.05, 0) is 50.1 Å². The second-order valence-corrected chi connectivity index (χ2v) is 4.66. The van der Waals surface area contributed by atoms with Gasteiger partial charge in [-0.3, -0.25) is 4.79 Å². The van der Waals surface area contributed by atoms with E-state index in [1.165, 1.54) is 12.1 Å². The number of halogens is 1. The van der Waals surface area contributed by atoms with Gasteiger partial charge in [0.2, 0.25) is 0 Å². The zero-order chi connectivity index (χ0) is 13.3. The smallest absolute Gasteiger partial charge is 0.193 e. The van der Waals surface area contributed by atoms with Crippen molar-refractivity contribution >= 4 is 5.78 Å². The maximum absolute atomic E-state index is 13.3. The van der Waals surface area contributed by atoms with E-state index >= 15 is 0 Å². The Morgan fingerprint density at radius 2 is 1.67 bits per heavy atom. The van der Waals surface area contributed by atoms with Crippen LogP contribution in [0.5, 0.6) is 0 Å². The van der Waals surface area contributed by atoms with Gasteiger partial charge in [0, 0.05) is 11.1 Å². The number of hydrogen-bond acceptors (Lipinski definition) is 1. The molecule has 92 valence electrons. The minimum absolute atomic E-state index is 0.130. The zero-order valence-electron chi connectivity index (χ0n) is 10.8. The van der Waals surface area contributed by atoms with Crippen molar-refractivity contribution in [3.63, 3.8) is 0 Å². The highest BCUT2D eigenvalue weighted by Gasteiger charge is 2.13. The van der Waals surface area contributed by atoms with E-state index in [2.05, 4.69) is 0 Å². The molecule has 0 unspecified atom stereocenters. The molecule has 2 aromatic rings. The van der Waals surface area contributed by atoms with Gasteiger partial charge in [-0.2, -0.15) is 0 Å². The first kappa shape index (κ1) is 12.5. The number of aryl methyl sites for hydroxylation is 3. The SMILES string of the molecule is Cc1cc(F)cc(C(=O)c2ccc(C)cc2C)c1. The van der Waals surface area contributed by atoms with Gasteiger partial charge >= 0.3 is 0 Å². The van der Waals surface area contributed by atoms with Crippen LogP contribution in [-0.4, -0.2) is 5.78 Å². The van der Waals surface area contributed by atoms with Crippen LogP contribution in [0.1, 0.15) is 32.6 Å². The van der Waals surface area contributed by atoms with Crippen LogP contribution in [0.2, 0.25) is 0 Å². The third-order valence-electron chi connectivity index (χ3n) is 2.93. The fourth-order valence-electron chi connectivity index (χ4n) is 2.09. The van der Waals surface area contributed by atoms with Gasteiger partial charge in [-0.1, -0.05) is 23.8 Å². The van der Waals surface area contributed by atoms with Gasteiger partial charge in [0.25, 0.3) is 0 Å². The largest absolute Gasteiger partial charge is 0.289 e. The summed E-state index contributed by atoms with van der Waals surface area (Å²) in [5, 5.41) is 0. The molecule has 0 heterocycles. The molecule has 0 aliphatic carbocycles. The highest BCUT2D eigenvalue weighted by molar-refractivity contribution is 6.10. The molecule has 0 aliphatic rings. The lowest BCUT2D eigenvalue weighted by atomic mass is 9.97. The van der Waals surface area contributed by atoms with Gasteiger partial charge in [0.05, 0.1) is 0 Å². The van der Waals surface area contributed by atoms with E-state index in [9.17, 15) is 9.18 Å². The van der Waals surface area contributed by atoms with E-state index < -0.39 is 0 Å². The second-order valence-electron chi connectivity index (χ2n) is 4.66. The molecular formula is C16H15FO. The molecule has 0 aromatic heterocycles. The molecule has 0 bridgehead atoms. The van der Waals surface area contributed by atoms with Gasteiger partial charge < -0.3 is 0 Å². The number of carbonyl (C=O) groups is 1. The Kier molecular flexibility index (Phi) is 3.28. The maximum Gasteiger partial charge on any atom is 0.193 e. The van der Waals surface area contributed by atoms with Crippen LogP contribution >= 0.6 is 0 Å². The van der Waals surface area contributed by atoms with Crippen molar-refractivity contribution in [3.8, 4) is 0 Å². The van der Waals surface area contributed by atoms with E-state index in [1.54, 1.807) is 19.1 Å². The van der Waals surface area contributed by atoms with Gasteiger partial charge in [0.15, 0.2) is 5.78 Å². The predicted molar refractivity (Wildman–Crippen MR) is 70.5 cm³/mol. The second kappa shape index (κ2) is 4.73. The molecule has 0 saturated carbocycles. The summed E-state index contributed by atoms with van der Waals surface area (Å²) in [6.07, 6.45) is 0. The molecule has 0 saturated heterocycles. The molecule has 0 N–H and O–H groups in total. The van der Waals surface area contributed by atoms with Crippen LogP contribution in [0.4, 0.5) is 4.39 Å². The highest BCUT2D eigenvalue weighted by atomic mass is 19.1. The molecule has 0 spiro atoms. The fraction of sp³-hybridized carbons (Fsp3) is 0.188. The first-order valence-electron chi connectivity index (χ1n) is 5.86. The lowest BCUT2D eigenvalue weighted by Crippen LogP contribution is -2.05. The van der Waals surface area contributed by atoms with Crippen molar-refractivity contribution in [1.82, 2.24) is 0 Å². The Labute approximate surface area is 106 Å². The number of ketones is 1. The number of hydrogen-bond donors (Lipinski definition) is 0. The Hall–Kier alpha value is -1.96. The van der Waals surface area contributed by atoms with Gasteiger partial charge in [0.1, 0.15) is 5.82 Å². The van der Waals surface area contributed by atoms with Crippen LogP contribution in [0.3, 0.4) is 0 Å². The van der Waals surface area contributed by atoms with Gasteiger partial charge in [-0.15, -0.1) is 0 Å². The molecule has 0 fully saturated rings. The minimum Gasteiger partial charge on any atom is -0.289 e. The monoisotopic (exact) mass is 242 g/mol. The number of rotatable bonds is 2. The first-order chi connectivity index (χ1) is 8.47. The van der Waals surface area contributed by atoms with Crippen molar-refractivity contribution in [2.24, 2.45) is 0 Å². The summed E-state index contributed by atoms with van der Waals surface area (Å²) in [5.41, 5.74) is 3.81. The Morgan fingerprint density at radius 3 is 2.28 bits per heavy atom. The van der Waals surface area contributed by atoms with Crippen LogP contribution in [-0.2, 0) is 0 Å². The molecule has 2 rings (SSSR count). The van der Waals surface area contributed by atoms with Crippen molar-refractivity contribution in [1.29, 1.82) is 0 Å². The summed E-state index contributed by atoms with van der Waals surface area (Å²) in [6.45, 7) is 5.65. The number of benzene rings is 2.